The summed E-state index contributed by atoms with van der Waals surface area (Å²) in [4.78, 5) is 0. The van der Waals surface area contributed by atoms with E-state index in [2.05, 4.69) is 0 Å². The fourth-order valence-electron chi connectivity index (χ4n) is 1.85. The van der Waals surface area contributed by atoms with E-state index in [0.717, 1.165) is 0 Å². The Morgan fingerprint density at radius 2 is 1.31 bits per heavy atom. The van der Waals surface area contributed by atoms with Gasteiger partial charge in [0.2, 0.25) is 0 Å². The van der Waals surface area contributed by atoms with Crippen molar-refractivity contribution in [2.45, 2.75) is 13.8 Å². The quantitative estimate of drug-likeness (QED) is 0.363. The van der Waals surface area contributed by atoms with E-state index >= 15 is 0 Å². The molecule has 0 saturated heterocycles. The predicted molar refractivity (Wildman–Crippen MR) is 53.3 cm³/mol. The normalized spacial score (nSPS) is 11.1. The molecule has 0 atom stereocenters. The molecule has 84 valence electrons. The first-order chi connectivity index (χ1) is 7.43. The number of halogens is 4. The van der Waals surface area contributed by atoms with Crippen molar-refractivity contribution in [3.05, 3.63) is 46.5 Å². The SMILES string of the molecule is Cc1cc(C)c2c(F)c(F)c(F)c(F)c2c1. The van der Waals surface area contributed by atoms with Crippen LogP contribution in [0.2, 0.25) is 0 Å². The van der Waals surface area contributed by atoms with Crippen molar-refractivity contribution in [1.82, 2.24) is 0 Å². The van der Waals surface area contributed by atoms with Crippen LogP contribution in [0.5, 0.6) is 0 Å². The van der Waals surface area contributed by atoms with Crippen LogP contribution in [0.3, 0.4) is 0 Å². The van der Waals surface area contributed by atoms with Gasteiger partial charge < -0.3 is 0 Å². The summed E-state index contributed by atoms with van der Waals surface area (Å²) in [6.07, 6.45) is 0. The first-order valence-corrected chi connectivity index (χ1v) is 4.66. The lowest BCUT2D eigenvalue weighted by Gasteiger charge is -2.08. The Bertz CT molecular complexity index is 588. The molecule has 0 aliphatic carbocycles. The first-order valence-electron chi connectivity index (χ1n) is 4.66. The molecule has 0 bridgehead atoms. The third kappa shape index (κ3) is 1.37. The van der Waals surface area contributed by atoms with Crippen LogP contribution in [0.25, 0.3) is 10.8 Å². The van der Waals surface area contributed by atoms with Crippen LogP contribution in [0.4, 0.5) is 17.6 Å². The molecule has 2 rings (SSSR count). The molecule has 0 heterocycles. The lowest BCUT2D eigenvalue weighted by molar-refractivity contribution is 0.418. The van der Waals surface area contributed by atoms with Crippen molar-refractivity contribution in [3.63, 3.8) is 0 Å². The van der Waals surface area contributed by atoms with Gasteiger partial charge in [-0.1, -0.05) is 11.6 Å². The number of benzene rings is 2. The molecular formula is C12H8F4. The molecule has 4 heteroatoms. The average molecular weight is 228 g/mol. The molecule has 0 aromatic heterocycles. The zero-order valence-electron chi connectivity index (χ0n) is 8.67. The highest BCUT2D eigenvalue weighted by Gasteiger charge is 2.21. The molecule has 0 radical (unpaired) electrons. The third-order valence-electron chi connectivity index (χ3n) is 2.51. The Morgan fingerprint density at radius 1 is 0.750 bits per heavy atom. The molecule has 0 fully saturated rings. The summed E-state index contributed by atoms with van der Waals surface area (Å²) in [7, 11) is 0. The van der Waals surface area contributed by atoms with Crippen LogP contribution in [-0.4, -0.2) is 0 Å². The molecule has 0 aliphatic rings. The van der Waals surface area contributed by atoms with E-state index in [0.29, 0.717) is 11.1 Å². The molecule has 2 aromatic rings. The molecule has 2 aromatic carbocycles. The summed E-state index contributed by atoms with van der Waals surface area (Å²) >= 11 is 0. The zero-order chi connectivity index (χ0) is 12.0. The maximum atomic E-state index is 13.4. The van der Waals surface area contributed by atoms with Crippen molar-refractivity contribution in [2.24, 2.45) is 0 Å². The van der Waals surface area contributed by atoms with Crippen molar-refractivity contribution >= 4 is 10.8 Å². The highest BCUT2D eigenvalue weighted by atomic mass is 19.2. The Morgan fingerprint density at radius 3 is 1.94 bits per heavy atom. The van der Waals surface area contributed by atoms with E-state index in [1.54, 1.807) is 13.0 Å². The standard InChI is InChI=1S/C12H8F4/c1-5-3-6(2)8-7(4-5)9(13)11(15)12(16)10(8)14/h3-4H,1-2H3. The maximum absolute atomic E-state index is 13.4. The van der Waals surface area contributed by atoms with Crippen LogP contribution < -0.4 is 0 Å². The summed E-state index contributed by atoms with van der Waals surface area (Å²) in [5.41, 5.74) is 1.04. The average Bonchev–Trinajstić information content (AvgIpc) is 2.22. The van der Waals surface area contributed by atoms with E-state index in [1.807, 2.05) is 0 Å². The van der Waals surface area contributed by atoms with Crippen LogP contribution in [-0.2, 0) is 0 Å². The molecule has 0 aliphatic heterocycles. The zero-order valence-corrected chi connectivity index (χ0v) is 8.67. The number of hydrogen-bond acceptors (Lipinski definition) is 0. The van der Waals surface area contributed by atoms with Gasteiger partial charge in [-0.15, -0.1) is 0 Å². The van der Waals surface area contributed by atoms with E-state index in [-0.39, 0.29) is 10.8 Å². The number of rotatable bonds is 0. The lowest BCUT2D eigenvalue weighted by atomic mass is 10.0. The number of hydrogen-bond donors (Lipinski definition) is 0. The second-order valence-corrected chi connectivity index (χ2v) is 3.76. The molecule has 0 spiro atoms. The Labute approximate surface area is 89.5 Å². The molecule has 16 heavy (non-hydrogen) atoms. The minimum atomic E-state index is -1.77. The molecule has 0 N–H and O–H groups in total. The van der Waals surface area contributed by atoms with Gasteiger partial charge in [0, 0.05) is 10.8 Å². The van der Waals surface area contributed by atoms with Crippen molar-refractivity contribution in [1.29, 1.82) is 0 Å². The fourth-order valence-corrected chi connectivity index (χ4v) is 1.85. The van der Waals surface area contributed by atoms with Crippen molar-refractivity contribution < 1.29 is 17.6 Å². The molecule has 0 amide bonds. The highest BCUT2D eigenvalue weighted by molar-refractivity contribution is 5.87. The monoisotopic (exact) mass is 228 g/mol. The largest absolute Gasteiger partial charge is 0.203 e. The summed E-state index contributed by atoms with van der Waals surface area (Å²) in [5, 5.41) is -0.434. The minimum Gasteiger partial charge on any atom is -0.203 e. The van der Waals surface area contributed by atoms with Crippen LogP contribution in [0.1, 0.15) is 11.1 Å². The van der Waals surface area contributed by atoms with Gasteiger partial charge >= 0.3 is 0 Å². The Kier molecular flexibility index (Phi) is 2.37. The van der Waals surface area contributed by atoms with Gasteiger partial charge in [0.25, 0.3) is 0 Å². The van der Waals surface area contributed by atoms with E-state index in [4.69, 9.17) is 0 Å². The van der Waals surface area contributed by atoms with Gasteiger partial charge in [0.15, 0.2) is 23.3 Å². The first kappa shape index (κ1) is 10.9. The van der Waals surface area contributed by atoms with Crippen LogP contribution in [0, 0.1) is 37.1 Å². The Balaban J connectivity index is 3.08. The van der Waals surface area contributed by atoms with Gasteiger partial charge in [-0.25, -0.2) is 17.6 Å². The van der Waals surface area contributed by atoms with Gasteiger partial charge in [0.1, 0.15) is 0 Å². The van der Waals surface area contributed by atoms with Crippen LogP contribution >= 0.6 is 0 Å². The third-order valence-corrected chi connectivity index (χ3v) is 2.51. The summed E-state index contributed by atoms with van der Waals surface area (Å²) in [6.45, 7) is 3.19. The summed E-state index contributed by atoms with van der Waals surface area (Å²) in [5.74, 6) is -6.22. The van der Waals surface area contributed by atoms with Crippen molar-refractivity contribution in [2.75, 3.05) is 0 Å². The van der Waals surface area contributed by atoms with Crippen molar-refractivity contribution in [3.8, 4) is 0 Å². The second-order valence-electron chi connectivity index (χ2n) is 3.76. The number of fused-ring (bicyclic) bond motifs is 1. The fraction of sp³-hybridized carbons (Fsp3) is 0.167. The summed E-state index contributed by atoms with van der Waals surface area (Å²) in [6, 6.07) is 2.88. The Hall–Kier alpha value is -1.58. The van der Waals surface area contributed by atoms with E-state index in [9.17, 15) is 17.6 Å². The van der Waals surface area contributed by atoms with Crippen LogP contribution in [0.15, 0.2) is 12.1 Å². The molecular weight excluding hydrogens is 220 g/mol. The lowest BCUT2D eigenvalue weighted by Crippen LogP contribution is -1.99. The van der Waals surface area contributed by atoms with Gasteiger partial charge in [-0.05, 0) is 25.5 Å². The topological polar surface area (TPSA) is 0 Å². The molecule has 0 nitrogen and oxygen atoms in total. The highest BCUT2D eigenvalue weighted by Crippen LogP contribution is 2.29. The summed E-state index contributed by atoms with van der Waals surface area (Å²) < 4.78 is 52.9. The van der Waals surface area contributed by atoms with E-state index in [1.165, 1.54) is 13.0 Å². The van der Waals surface area contributed by atoms with Gasteiger partial charge in [-0.2, -0.15) is 0 Å². The molecule has 0 saturated carbocycles. The maximum Gasteiger partial charge on any atom is 0.198 e. The smallest absolute Gasteiger partial charge is 0.198 e. The van der Waals surface area contributed by atoms with Gasteiger partial charge in [-0.3, -0.25) is 0 Å². The molecule has 0 unspecified atom stereocenters. The van der Waals surface area contributed by atoms with Gasteiger partial charge in [0.05, 0.1) is 0 Å². The second kappa shape index (κ2) is 3.47. The predicted octanol–water partition coefficient (Wildman–Crippen LogP) is 4.01. The van der Waals surface area contributed by atoms with E-state index < -0.39 is 23.3 Å². The minimum absolute atomic E-state index is 0.206. The number of aryl methyl sites for hydroxylation is 2.